The number of hydrogen-bond acceptors (Lipinski definition) is 4. The summed E-state index contributed by atoms with van der Waals surface area (Å²) in [6.07, 6.45) is 1.67. The first kappa shape index (κ1) is 17.5. The number of amides is 1. The van der Waals surface area contributed by atoms with Gasteiger partial charge in [-0.1, -0.05) is 42.5 Å². The van der Waals surface area contributed by atoms with E-state index in [0.29, 0.717) is 29.4 Å². The van der Waals surface area contributed by atoms with E-state index in [2.05, 4.69) is 4.98 Å². The summed E-state index contributed by atoms with van der Waals surface area (Å²) < 4.78 is 10.8. The van der Waals surface area contributed by atoms with Gasteiger partial charge in [0, 0.05) is 6.20 Å². The predicted molar refractivity (Wildman–Crippen MR) is 101 cm³/mol. The average molecular weight is 348 g/mol. The Morgan fingerprint density at radius 3 is 2.12 bits per heavy atom. The number of nitrogens with zero attached hydrogens (tertiary/aromatic N) is 2. The van der Waals surface area contributed by atoms with Crippen LogP contribution >= 0.6 is 0 Å². The minimum atomic E-state index is -0.234. The molecule has 26 heavy (non-hydrogen) atoms. The molecule has 3 aromatic rings. The molecule has 0 aliphatic rings. The normalized spacial score (nSPS) is 10.2. The summed E-state index contributed by atoms with van der Waals surface area (Å²) in [6.45, 7) is 0.387. The summed E-state index contributed by atoms with van der Waals surface area (Å²) in [7, 11) is 3.07. The standard InChI is InChI=1S/C21H20N2O3/c1-25-17-11-8-12-18(26-2)20(17)21(24)23(19-13-6-7-14-22-19)15-16-9-4-3-5-10-16/h3-14H,15H2,1-2H3. The van der Waals surface area contributed by atoms with Crippen LogP contribution < -0.4 is 14.4 Å². The smallest absolute Gasteiger partial charge is 0.267 e. The molecule has 1 aromatic heterocycles. The van der Waals surface area contributed by atoms with E-state index in [1.807, 2.05) is 48.5 Å². The van der Waals surface area contributed by atoms with Crippen molar-refractivity contribution in [3.8, 4) is 11.5 Å². The van der Waals surface area contributed by atoms with Crippen LogP contribution in [0.3, 0.4) is 0 Å². The number of hydrogen-bond donors (Lipinski definition) is 0. The van der Waals surface area contributed by atoms with Crippen molar-refractivity contribution in [2.45, 2.75) is 6.54 Å². The van der Waals surface area contributed by atoms with Gasteiger partial charge in [0.2, 0.25) is 0 Å². The number of benzene rings is 2. The van der Waals surface area contributed by atoms with Gasteiger partial charge in [-0.3, -0.25) is 9.69 Å². The molecule has 5 heteroatoms. The maximum atomic E-state index is 13.4. The van der Waals surface area contributed by atoms with Gasteiger partial charge in [0.1, 0.15) is 22.9 Å². The highest BCUT2D eigenvalue weighted by Gasteiger charge is 2.25. The molecule has 0 bridgehead atoms. The Hall–Kier alpha value is -3.34. The first-order valence-corrected chi connectivity index (χ1v) is 8.22. The van der Waals surface area contributed by atoms with E-state index in [1.54, 1.807) is 29.3 Å². The summed E-state index contributed by atoms with van der Waals surface area (Å²) in [4.78, 5) is 19.4. The Morgan fingerprint density at radius 2 is 1.54 bits per heavy atom. The molecule has 1 amide bonds. The van der Waals surface area contributed by atoms with E-state index in [4.69, 9.17) is 9.47 Å². The van der Waals surface area contributed by atoms with E-state index in [-0.39, 0.29) is 5.91 Å². The largest absolute Gasteiger partial charge is 0.496 e. The van der Waals surface area contributed by atoms with Gasteiger partial charge in [0.25, 0.3) is 5.91 Å². The third kappa shape index (κ3) is 3.67. The summed E-state index contributed by atoms with van der Waals surface area (Å²) in [5, 5.41) is 0. The van der Waals surface area contributed by atoms with Crippen LogP contribution in [-0.4, -0.2) is 25.1 Å². The van der Waals surface area contributed by atoms with Crippen LogP contribution in [0.1, 0.15) is 15.9 Å². The number of carbonyl (C=O) groups excluding carboxylic acids is 1. The zero-order valence-corrected chi connectivity index (χ0v) is 14.8. The van der Waals surface area contributed by atoms with E-state index in [9.17, 15) is 4.79 Å². The molecule has 2 aromatic carbocycles. The second-order valence-corrected chi connectivity index (χ2v) is 5.60. The van der Waals surface area contributed by atoms with Crippen LogP contribution in [0.25, 0.3) is 0 Å². The molecule has 132 valence electrons. The third-order valence-electron chi connectivity index (χ3n) is 4.00. The van der Waals surface area contributed by atoms with Crippen molar-refractivity contribution in [3.05, 3.63) is 84.1 Å². The highest BCUT2D eigenvalue weighted by Crippen LogP contribution is 2.31. The maximum absolute atomic E-state index is 13.4. The van der Waals surface area contributed by atoms with Gasteiger partial charge in [0.05, 0.1) is 20.8 Å². The quantitative estimate of drug-likeness (QED) is 0.677. The van der Waals surface area contributed by atoms with Crippen LogP contribution in [0.15, 0.2) is 72.9 Å². The molecule has 0 spiro atoms. The van der Waals surface area contributed by atoms with Gasteiger partial charge in [-0.25, -0.2) is 4.98 Å². The molecule has 1 heterocycles. The van der Waals surface area contributed by atoms with Gasteiger partial charge in [-0.05, 0) is 29.8 Å². The molecule has 0 fully saturated rings. The molecule has 0 radical (unpaired) electrons. The molecule has 0 saturated carbocycles. The average Bonchev–Trinajstić information content (AvgIpc) is 2.72. The van der Waals surface area contributed by atoms with Crippen molar-refractivity contribution >= 4 is 11.7 Å². The molecule has 5 nitrogen and oxygen atoms in total. The van der Waals surface area contributed by atoms with Gasteiger partial charge < -0.3 is 9.47 Å². The topological polar surface area (TPSA) is 51.7 Å². The zero-order valence-electron chi connectivity index (χ0n) is 14.8. The minimum absolute atomic E-state index is 0.234. The van der Waals surface area contributed by atoms with Crippen LogP contribution in [0.2, 0.25) is 0 Å². The van der Waals surface area contributed by atoms with Crippen molar-refractivity contribution in [3.63, 3.8) is 0 Å². The van der Waals surface area contributed by atoms with Crippen molar-refractivity contribution < 1.29 is 14.3 Å². The summed E-state index contributed by atoms with van der Waals surface area (Å²) in [5.41, 5.74) is 1.37. The fourth-order valence-corrected chi connectivity index (χ4v) is 2.73. The van der Waals surface area contributed by atoms with Gasteiger partial charge in [-0.15, -0.1) is 0 Å². The SMILES string of the molecule is COc1cccc(OC)c1C(=O)N(Cc1ccccc1)c1ccccn1. The van der Waals surface area contributed by atoms with Gasteiger partial charge in [-0.2, -0.15) is 0 Å². The predicted octanol–water partition coefficient (Wildman–Crippen LogP) is 3.95. The Balaban J connectivity index is 2.06. The number of pyridine rings is 1. The highest BCUT2D eigenvalue weighted by atomic mass is 16.5. The Bertz CT molecular complexity index is 845. The highest BCUT2D eigenvalue weighted by molar-refractivity contribution is 6.09. The van der Waals surface area contributed by atoms with E-state index in [1.165, 1.54) is 14.2 Å². The minimum Gasteiger partial charge on any atom is -0.496 e. The lowest BCUT2D eigenvalue weighted by atomic mass is 10.1. The summed E-state index contributed by atoms with van der Waals surface area (Å²) in [6, 6.07) is 20.5. The zero-order chi connectivity index (χ0) is 18.4. The second kappa shape index (κ2) is 8.16. The van der Waals surface area contributed by atoms with Crippen molar-refractivity contribution in [1.29, 1.82) is 0 Å². The molecule has 0 atom stereocenters. The van der Waals surface area contributed by atoms with Crippen molar-refractivity contribution in [2.75, 3.05) is 19.1 Å². The molecule has 0 unspecified atom stereocenters. The third-order valence-corrected chi connectivity index (χ3v) is 4.00. The molecule has 0 saturated heterocycles. The first-order valence-electron chi connectivity index (χ1n) is 8.22. The summed E-state index contributed by atoms with van der Waals surface area (Å²) >= 11 is 0. The van der Waals surface area contributed by atoms with Crippen LogP contribution in [0.4, 0.5) is 5.82 Å². The molecule has 0 aliphatic heterocycles. The van der Waals surface area contributed by atoms with Gasteiger partial charge in [0.15, 0.2) is 0 Å². The van der Waals surface area contributed by atoms with Crippen molar-refractivity contribution in [2.24, 2.45) is 0 Å². The first-order chi connectivity index (χ1) is 12.7. The number of carbonyl (C=O) groups is 1. The maximum Gasteiger partial charge on any atom is 0.267 e. The lowest BCUT2D eigenvalue weighted by molar-refractivity contribution is 0.0978. The lowest BCUT2D eigenvalue weighted by Gasteiger charge is -2.24. The second-order valence-electron chi connectivity index (χ2n) is 5.60. The van der Waals surface area contributed by atoms with Crippen LogP contribution in [0, 0.1) is 0 Å². The molecule has 0 N–H and O–H groups in total. The Labute approximate surface area is 152 Å². The fraction of sp³-hybridized carbons (Fsp3) is 0.143. The Morgan fingerprint density at radius 1 is 0.885 bits per heavy atom. The number of aromatic nitrogens is 1. The van der Waals surface area contributed by atoms with Gasteiger partial charge >= 0.3 is 0 Å². The Kier molecular flexibility index (Phi) is 5.49. The van der Waals surface area contributed by atoms with E-state index >= 15 is 0 Å². The molecule has 0 aliphatic carbocycles. The molecule has 3 rings (SSSR count). The number of rotatable bonds is 6. The summed E-state index contributed by atoms with van der Waals surface area (Å²) in [5.74, 6) is 1.25. The van der Waals surface area contributed by atoms with Crippen LogP contribution in [0.5, 0.6) is 11.5 Å². The number of ether oxygens (including phenoxy) is 2. The lowest BCUT2D eigenvalue weighted by Crippen LogP contribution is -2.31. The molecular weight excluding hydrogens is 328 g/mol. The van der Waals surface area contributed by atoms with Crippen LogP contribution in [-0.2, 0) is 6.54 Å². The number of methoxy groups -OCH3 is 2. The van der Waals surface area contributed by atoms with Crippen molar-refractivity contribution in [1.82, 2.24) is 4.98 Å². The monoisotopic (exact) mass is 348 g/mol. The fourth-order valence-electron chi connectivity index (χ4n) is 2.73. The van der Waals surface area contributed by atoms with E-state index in [0.717, 1.165) is 5.56 Å². The number of anilines is 1. The van der Waals surface area contributed by atoms with E-state index < -0.39 is 0 Å². The molecular formula is C21H20N2O3.